The third-order valence-corrected chi connectivity index (χ3v) is 3.35. The summed E-state index contributed by atoms with van der Waals surface area (Å²) in [6.07, 6.45) is -1.35. The highest BCUT2D eigenvalue weighted by atomic mass is 35.5. The average molecular weight is 331 g/mol. The van der Waals surface area contributed by atoms with Crippen LogP contribution in [0.5, 0.6) is 6.01 Å². The fourth-order valence-electron chi connectivity index (χ4n) is 1.05. The molecule has 108 valence electrons. The van der Waals surface area contributed by atoms with Gasteiger partial charge in [0.2, 0.25) is 11.9 Å². The van der Waals surface area contributed by atoms with Crippen LogP contribution in [0.1, 0.15) is 6.92 Å². The predicted molar refractivity (Wildman–Crippen MR) is 75.3 cm³/mol. The van der Waals surface area contributed by atoms with Gasteiger partial charge < -0.3 is 20.5 Å². The molecule has 0 aliphatic heterocycles. The molecule has 19 heavy (non-hydrogen) atoms. The molecule has 10 heteroatoms. The fourth-order valence-corrected chi connectivity index (χ4v) is 1.31. The van der Waals surface area contributed by atoms with E-state index in [-0.39, 0.29) is 17.8 Å². The first kappa shape index (κ1) is 16.3. The monoisotopic (exact) mass is 329 g/mol. The van der Waals surface area contributed by atoms with Gasteiger partial charge in [-0.2, -0.15) is 15.0 Å². The van der Waals surface area contributed by atoms with Crippen LogP contribution in [0.25, 0.3) is 0 Å². The molecule has 0 radical (unpaired) electrons. The lowest BCUT2D eigenvalue weighted by Crippen LogP contribution is -2.39. The quantitative estimate of drug-likeness (QED) is 0.515. The molecule has 1 atom stereocenters. The van der Waals surface area contributed by atoms with Crippen molar-refractivity contribution in [2.45, 2.75) is 17.5 Å². The Labute approximate surface area is 125 Å². The van der Waals surface area contributed by atoms with Crippen LogP contribution in [0.15, 0.2) is 0 Å². The first-order valence-electron chi connectivity index (χ1n) is 5.35. The lowest BCUT2D eigenvalue weighted by Gasteiger charge is -2.24. The Bertz CT molecular complexity index is 421. The number of anilines is 2. The van der Waals surface area contributed by atoms with Crippen LogP contribution < -0.4 is 15.4 Å². The van der Waals surface area contributed by atoms with Crippen molar-refractivity contribution in [2.75, 3.05) is 30.2 Å². The van der Waals surface area contributed by atoms with Gasteiger partial charge >= 0.3 is 6.01 Å². The summed E-state index contributed by atoms with van der Waals surface area (Å²) in [6, 6.07) is 0.0845. The van der Waals surface area contributed by atoms with Crippen LogP contribution in [0.3, 0.4) is 0 Å². The first-order chi connectivity index (χ1) is 8.92. The Kier molecular flexibility index (Phi) is 6.12. The highest BCUT2D eigenvalue weighted by Crippen LogP contribution is 2.27. The van der Waals surface area contributed by atoms with E-state index in [1.807, 2.05) is 6.92 Å². The van der Waals surface area contributed by atoms with E-state index in [0.29, 0.717) is 12.5 Å². The van der Waals surface area contributed by atoms with Crippen molar-refractivity contribution < 1.29 is 9.84 Å². The molecule has 0 aromatic carbocycles. The van der Waals surface area contributed by atoms with Gasteiger partial charge in [-0.05, 0) is 6.92 Å². The largest absolute Gasteiger partial charge is 0.467 e. The minimum absolute atomic E-state index is 0.0612. The standard InChI is InChI=1S/C9H14Cl3N5O2/c1-3-13-6-15-7(17-8(16-6)19-2)14-5(18)9(11,12)4-10/h5,18H,3-4H2,1-2H3,(H2,13,14,15,16,17). The van der Waals surface area contributed by atoms with E-state index in [2.05, 4.69) is 25.6 Å². The number of aliphatic hydroxyl groups is 1. The number of aliphatic hydroxyl groups excluding tert-OH is 1. The SMILES string of the molecule is CCNc1nc(NC(O)C(Cl)(Cl)CCl)nc(OC)n1. The van der Waals surface area contributed by atoms with Crippen LogP contribution in [0, 0.1) is 0 Å². The number of nitrogens with zero attached hydrogens (tertiary/aromatic N) is 3. The molecular formula is C9H14Cl3N5O2. The summed E-state index contributed by atoms with van der Waals surface area (Å²) in [6.45, 7) is 2.50. The van der Waals surface area contributed by atoms with Crippen LogP contribution in [0.4, 0.5) is 11.9 Å². The minimum Gasteiger partial charge on any atom is -0.467 e. The molecule has 0 saturated carbocycles. The summed E-state index contributed by atoms with van der Waals surface area (Å²) in [4.78, 5) is 11.9. The van der Waals surface area contributed by atoms with Crippen molar-refractivity contribution >= 4 is 46.7 Å². The van der Waals surface area contributed by atoms with Crippen LogP contribution in [0.2, 0.25) is 0 Å². The van der Waals surface area contributed by atoms with Gasteiger partial charge in [-0.15, -0.1) is 11.6 Å². The maximum Gasteiger partial charge on any atom is 0.322 e. The number of aromatic nitrogens is 3. The summed E-state index contributed by atoms with van der Waals surface area (Å²) in [5, 5.41) is 15.2. The Balaban J connectivity index is 2.90. The molecule has 1 rings (SSSR count). The van der Waals surface area contributed by atoms with Crippen molar-refractivity contribution in [3.05, 3.63) is 0 Å². The second kappa shape index (κ2) is 7.14. The molecule has 0 bridgehead atoms. The molecule has 0 spiro atoms. The van der Waals surface area contributed by atoms with Crippen molar-refractivity contribution in [3.8, 4) is 6.01 Å². The van der Waals surface area contributed by atoms with Crippen LogP contribution >= 0.6 is 34.8 Å². The highest BCUT2D eigenvalue weighted by molar-refractivity contribution is 6.52. The van der Waals surface area contributed by atoms with E-state index in [1.54, 1.807) is 0 Å². The van der Waals surface area contributed by atoms with Crippen LogP contribution in [-0.2, 0) is 0 Å². The zero-order valence-electron chi connectivity index (χ0n) is 10.3. The van der Waals surface area contributed by atoms with Gasteiger partial charge in [0.25, 0.3) is 0 Å². The zero-order valence-corrected chi connectivity index (χ0v) is 12.6. The van der Waals surface area contributed by atoms with E-state index in [9.17, 15) is 5.11 Å². The molecule has 1 heterocycles. The molecule has 1 aromatic heterocycles. The fraction of sp³-hybridized carbons (Fsp3) is 0.667. The third-order valence-electron chi connectivity index (χ3n) is 1.98. The summed E-state index contributed by atoms with van der Waals surface area (Å²) in [5.74, 6) is 0.183. The molecule has 0 fully saturated rings. The molecule has 0 amide bonds. The van der Waals surface area contributed by atoms with E-state index in [4.69, 9.17) is 39.5 Å². The molecule has 0 aliphatic carbocycles. The van der Waals surface area contributed by atoms with E-state index < -0.39 is 10.6 Å². The van der Waals surface area contributed by atoms with Gasteiger partial charge in [-0.25, -0.2) is 0 Å². The van der Waals surface area contributed by atoms with E-state index in [1.165, 1.54) is 7.11 Å². The van der Waals surface area contributed by atoms with Crippen molar-refractivity contribution in [3.63, 3.8) is 0 Å². The lowest BCUT2D eigenvalue weighted by atomic mass is 10.4. The number of rotatable bonds is 7. The Hall–Kier alpha value is -0.760. The molecule has 1 aromatic rings. The second-order valence-corrected chi connectivity index (χ2v) is 5.25. The Morgan fingerprint density at radius 1 is 1.32 bits per heavy atom. The van der Waals surface area contributed by atoms with Crippen molar-refractivity contribution in [1.82, 2.24) is 15.0 Å². The topological polar surface area (TPSA) is 92.2 Å². The number of alkyl halides is 3. The predicted octanol–water partition coefficient (Wildman–Crippen LogP) is 1.45. The summed E-state index contributed by atoms with van der Waals surface area (Å²) >= 11 is 17.1. The van der Waals surface area contributed by atoms with Gasteiger partial charge in [0.1, 0.15) is 0 Å². The van der Waals surface area contributed by atoms with E-state index >= 15 is 0 Å². The smallest absolute Gasteiger partial charge is 0.322 e. The number of ether oxygens (including phenoxy) is 1. The Morgan fingerprint density at radius 2 is 1.95 bits per heavy atom. The molecule has 0 aliphatic rings. The number of hydrogen-bond donors (Lipinski definition) is 3. The molecule has 3 N–H and O–H groups in total. The third kappa shape index (κ3) is 4.68. The maximum absolute atomic E-state index is 9.79. The van der Waals surface area contributed by atoms with Gasteiger partial charge in [0.05, 0.1) is 13.0 Å². The average Bonchev–Trinajstić information content (AvgIpc) is 2.38. The summed E-state index contributed by atoms with van der Waals surface area (Å²) < 4.78 is 3.35. The molecule has 0 saturated heterocycles. The van der Waals surface area contributed by atoms with Crippen molar-refractivity contribution in [2.24, 2.45) is 0 Å². The number of nitrogens with one attached hydrogen (secondary N) is 2. The Morgan fingerprint density at radius 3 is 2.47 bits per heavy atom. The lowest BCUT2D eigenvalue weighted by molar-refractivity contribution is 0.190. The van der Waals surface area contributed by atoms with Gasteiger partial charge in [-0.1, -0.05) is 23.2 Å². The summed E-state index contributed by atoms with van der Waals surface area (Å²) in [5.41, 5.74) is 0. The summed E-state index contributed by atoms with van der Waals surface area (Å²) in [7, 11) is 1.41. The van der Waals surface area contributed by atoms with Gasteiger partial charge in [0, 0.05) is 6.54 Å². The molecular weight excluding hydrogens is 316 g/mol. The normalized spacial score (nSPS) is 12.9. The van der Waals surface area contributed by atoms with Crippen molar-refractivity contribution in [1.29, 1.82) is 0 Å². The highest BCUT2D eigenvalue weighted by Gasteiger charge is 2.33. The molecule has 1 unspecified atom stereocenters. The number of halogens is 3. The van der Waals surface area contributed by atoms with Gasteiger partial charge in [-0.3, -0.25) is 0 Å². The second-order valence-electron chi connectivity index (χ2n) is 3.44. The molecule has 7 nitrogen and oxygen atoms in total. The van der Waals surface area contributed by atoms with Gasteiger partial charge in [0.15, 0.2) is 10.6 Å². The first-order valence-corrected chi connectivity index (χ1v) is 6.64. The number of methoxy groups -OCH3 is 1. The van der Waals surface area contributed by atoms with Crippen LogP contribution in [-0.4, -0.2) is 50.2 Å². The van der Waals surface area contributed by atoms with E-state index in [0.717, 1.165) is 0 Å². The minimum atomic E-state index is -1.57. The zero-order chi connectivity index (χ0) is 14.5. The number of hydrogen-bond acceptors (Lipinski definition) is 7. The maximum atomic E-state index is 9.79.